The minimum Gasteiger partial charge on any atom is -0.391 e. The molecule has 1 saturated carbocycles. The third-order valence-electron chi connectivity index (χ3n) is 3.63. The number of hydrogen-bond donors (Lipinski definition) is 2. The highest BCUT2D eigenvalue weighted by molar-refractivity contribution is 5.85. The van der Waals surface area contributed by atoms with Gasteiger partial charge in [0.05, 0.1) is 17.7 Å². The number of hydrogen-bond acceptors (Lipinski definition) is 2. The van der Waals surface area contributed by atoms with E-state index in [1.54, 1.807) is 0 Å². The van der Waals surface area contributed by atoms with E-state index in [1.807, 2.05) is 0 Å². The number of benzene rings is 1. The van der Waals surface area contributed by atoms with Crippen LogP contribution in [0.4, 0.5) is 13.2 Å². The van der Waals surface area contributed by atoms with Crippen molar-refractivity contribution in [2.75, 3.05) is 0 Å². The van der Waals surface area contributed by atoms with Crippen LogP contribution >= 0.6 is 12.4 Å². The van der Waals surface area contributed by atoms with Crippen molar-refractivity contribution in [3.05, 3.63) is 35.4 Å². The molecule has 1 aromatic carbocycles. The van der Waals surface area contributed by atoms with Crippen molar-refractivity contribution in [3.8, 4) is 0 Å². The van der Waals surface area contributed by atoms with E-state index in [0.29, 0.717) is 0 Å². The van der Waals surface area contributed by atoms with E-state index in [9.17, 15) is 18.3 Å². The van der Waals surface area contributed by atoms with E-state index in [2.05, 4.69) is 0 Å². The van der Waals surface area contributed by atoms with E-state index in [0.717, 1.165) is 25.3 Å². The van der Waals surface area contributed by atoms with E-state index in [4.69, 9.17) is 5.73 Å². The SMILES string of the molecule is Cl.N[C@H](c1ccccc1C(F)(F)F)[C@@H](O)C1CCC1. The normalized spacial score (nSPS) is 19.2. The maximum atomic E-state index is 12.8. The average molecular weight is 296 g/mol. The van der Waals surface area contributed by atoms with Crippen LogP contribution < -0.4 is 5.73 Å². The van der Waals surface area contributed by atoms with Crippen LogP contribution in [0.3, 0.4) is 0 Å². The van der Waals surface area contributed by atoms with Gasteiger partial charge in [-0.25, -0.2) is 0 Å². The Morgan fingerprint density at radius 1 is 1.21 bits per heavy atom. The Hall–Kier alpha value is -0.780. The first-order chi connectivity index (χ1) is 8.41. The molecule has 0 aromatic heterocycles. The lowest BCUT2D eigenvalue weighted by atomic mass is 9.77. The van der Waals surface area contributed by atoms with Crippen molar-refractivity contribution in [1.29, 1.82) is 0 Å². The predicted octanol–water partition coefficient (Wildman–Crippen LogP) is 3.29. The van der Waals surface area contributed by atoms with Gasteiger partial charge in [-0.1, -0.05) is 24.6 Å². The molecule has 0 unspecified atom stereocenters. The van der Waals surface area contributed by atoms with Crippen LogP contribution in [-0.4, -0.2) is 11.2 Å². The van der Waals surface area contributed by atoms with Crippen molar-refractivity contribution in [2.24, 2.45) is 11.7 Å². The molecule has 3 N–H and O–H groups in total. The summed E-state index contributed by atoms with van der Waals surface area (Å²) in [7, 11) is 0. The Morgan fingerprint density at radius 2 is 1.79 bits per heavy atom. The molecule has 108 valence electrons. The highest BCUT2D eigenvalue weighted by Crippen LogP contribution is 2.38. The Balaban J connectivity index is 0.00000180. The Kier molecular flexibility index (Phi) is 5.24. The fraction of sp³-hybridized carbons (Fsp3) is 0.538. The lowest BCUT2D eigenvalue weighted by Crippen LogP contribution is -2.37. The molecule has 0 heterocycles. The van der Waals surface area contributed by atoms with Crippen LogP contribution in [-0.2, 0) is 6.18 Å². The molecule has 0 saturated heterocycles. The molecule has 19 heavy (non-hydrogen) atoms. The monoisotopic (exact) mass is 295 g/mol. The Bertz CT molecular complexity index is 421. The molecular weight excluding hydrogens is 279 g/mol. The summed E-state index contributed by atoms with van der Waals surface area (Å²) in [5, 5.41) is 9.99. The second-order valence-electron chi connectivity index (χ2n) is 4.79. The molecule has 0 bridgehead atoms. The standard InChI is InChI=1S/C13H16F3NO.ClH/c14-13(15,16)10-7-2-1-6-9(10)11(17)12(18)8-4-3-5-8;/h1-2,6-8,11-12,18H,3-5,17H2;1H/t11-,12+;/m1./s1. The van der Waals surface area contributed by atoms with Gasteiger partial charge in [0.1, 0.15) is 0 Å². The fourth-order valence-corrected chi connectivity index (χ4v) is 2.30. The summed E-state index contributed by atoms with van der Waals surface area (Å²) in [5.41, 5.74) is 5.02. The second kappa shape index (κ2) is 6.11. The molecule has 1 aliphatic rings. The molecule has 0 aliphatic heterocycles. The molecule has 0 radical (unpaired) electrons. The van der Waals surface area contributed by atoms with Gasteiger partial charge in [0, 0.05) is 0 Å². The fourth-order valence-electron chi connectivity index (χ4n) is 2.30. The van der Waals surface area contributed by atoms with E-state index >= 15 is 0 Å². The molecule has 2 rings (SSSR count). The zero-order chi connectivity index (χ0) is 13.3. The molecule has 0 amide bonds. The summed E-state index contributed by atoms with van der Waals surface area (Å²) in [6.45, 7) is 0. The van der Waals surface area contributed by atoms with Gasteiger partial charge in [0.15, 0.2) is 0 Å². The van der Waals surface area contributed by atoms with Crippen molar-refractivity contribution < 1.29 is 18.3 Å². The van der Waals surface area contributed by atoms with Crippen LogP contribution in [0.25, 0.3) is 0 Å². The van der Waals surface area contributed by atoms with E-state index < -0.39 is 23.9 Å². The molecule has 2 atom stereocenters. The van der Waals surface area contributed by atoms with Gasteiger partial charge >= 0.3 is 6.18 Å². The largest absolute Gasteiger partial charge is 0.416 e. The van der Waals surface area contributed by atoms with Gasteiger partial charge in [-0.3, -0.25) is 0 Å². The van der Waals surface area contributed by atoms with Crippen LogP contribution in [0.2, 0.25) is 0 Å². The quantitative estimate of drug-likeness (QED) is 0.899. The predicted molar refractivity (Wildman–Crippen MR) is 69.0 cm³/mol. The second-order valence-corrected chi connectivity index (χ2v) is 4.79. The summed E-state index contributed by atoms with van der Waals surface area (Å²) in [6, 6.07) is 4.21. The first kappa shape index (κ1) is 16.3. The van der Waals surface area contributed by atoms with E-state index in [1.165, 1.54) is 18.2 Å². The number of nitrogens with two attached hydrogens (primary N) is 1. The lowest BCUT2D eigenvalue weighted by molar-refractivity contribution is -0.138. The molecule has 0 spiro atoms. The maximum absolute atomic E-state index is 12.8. The smallest absolute Gasteiger partial charge is 0.391 e. The molecule has 1 fully saturated rings. The number of aliphatic hydroxyl groups excluding tert-OH is 1. The van der Waals surface area contributed by atoms with Gasteiger partial charge in [-0.05, 0) is 30.4 Å². The molecule has 1 aromatic rings. The number of rotatable bonds is 3. The van der Waals surface area contributed by atoms with Gasteiger partial charge in [-0.2, -0.15) is 13.2 Å². The minimum atomic E-state index is -4.44. The van der Waals surface area contributed by atoms with Crippen molar-refractivity contribution in [3.63, 3.8) is 0 Å². The van der Waals surface area contributed by atoms with Crippen molar-refractivity contribution >= 4 is 12.4 Å². The Morgan fingerprint density at radius 3 is 2.26 bits per heavy atom. The van der Waals surface area contributed by atoms with Gasteiger partial charge in [0.2, 0.25) is 0 Å². The number of halogens is 4. The van der Waals surface area contributed by atoms with E-state index in [-0.39, 0.29) is 23.9 Å². The first-order valence-corrected chi connectivity index (χ1v) is 6.01. The average Bonchev–Trinajstić information content (AvgIpc) is 2.24. The topological polar surface area (TPSA) is 46.2 Å². The number of aliphatic hydroxyl groups is 1. The summed E-state index contributed by atoms with van der Waals surface area (Å²) < 4.78 is 38.5. The van der Waals surface area contributed by atoms with Crippen molar-refractivity contribution in [2.45, 2.75) is 37.6 Å². The zero-order valence-corrected chi connectivity index (χ0v) is 11.0. The van der Waals surface area contributed by atoms with Crippen LogP contribution in [0.15, 0.2) is 24.3 Å². The summed E-state index contributed by atoms with van der Waals surface area (Å²) >= 11 is 0. The molecule has 6 heteroatoms. The van der Waals surface area contributed by atoms with Crippen LogP contribution in [0.1, 0.15) is 36.4 Å². The van der Waals surface area contributed by atoms with Crippen LogP contribution in [0, 0.1) is 5.92 Å². The molecule has 1 aliphatic carbocycles. The molecule has 2 nitrogen and oxygen atoms in total. The summed E-state index contributed by atoms with van der Waals surface area (Å²) in [4.78, 5) is 0. The third-order valence-corrected chi connectivity index (χ3v) is 3.63. The zero-order valence-electron chi connectivity index (χ0n) is 10.2. The first-order valence-electron chi connectivity index (χ1n) is 6.01. The van der Waals surface area contributed by atoms with Crippen molar-refractivity contribution in [1.82, 2.24) is 0 Å². The maximum Gasteiger partial charge on any atom is 0.416 e. The highest BCUT2D eigenvalue weighted by atomic mass is 35.5. The van der Waals surface area contributed by atoms with Gasteiger partial charge < -0.3 is 10.8 Å². The third kappa shape index (κ3) is 3.41. The van der Waals surface area contributed by atoms with Crippen LogP contribution in [0.5, 0.6) is 0 Å². The number of alkyl halides is 3. The highest BCUT2D eigenvalue weighted by Gasteiger charge is 2.38. The minimum absolute atomic E-state index is 0. The summed E-state index contributed by atoms with van der Waals surface area (Å²) in [6.07, 6.45) is -2.66. The Labute approximate surface area is 116 Å². The molecular formula is C13H17ClF3NO. The van der Waals surface area contributed by atoms with Gasteiger partial charge in [-0.15, -0.1) is 12.4 Å². The summed E-state index contributed by atoms with van der Waals surface area (Å²) in [5.74, 6) is 0.0290. The lowest BCUT2D eigenvalue weighted by Gasteiger charge is -2.34. The van der Waals surface area contributed by atoms with Gasteiger partial charge in [0.25, 0.3) is 0 Å².